The van der Waals surface area contributed by atoms with E-state index in [2.05, 4.69) is 34.3 Å². The molecule has 0 bridgehead atoms. The molecule has 0 saturated heterocycles. The van der Waals surface area contributed by atoms with Gasteiger partial charge in [-0.25, -0.2) is 9.98 Å². The first-order valence-electron chi connectivity index (χ1n) is 8.13. The summed E-state index contributed by atoms with van der Waals surface area (Å²) >= 11 is 0. The highest BCUT2D eigenvalue weighted by Gasteiger charge is 2.38. The molecule has 1 saturated carbocycles. The van der Waals surface area contributed by atoms with Gasteiger partial charge in [0.1, 0.15) is 11.6 Å². The van der Waals surface area contributed by atoms with Crippen molar-refractivity contribution in [1.82, 2.24) is 10.3 Å². The van der Waals surface area contributed by atoms with Crippen LogP contribution in [0.2, 0.25) is 0 Å². The Kier molecular flexibility index (Phi) is 5.22. The molecule has 0 unspecified atom stereocenters. The van der Waals surface area contributed by atoms with Gasteiger partial charge < -0.3 is 10.6 Å². The van der Waals surface area contributed by atoms with Gasteiger partial charge in [0, 0.05) is 22.9 Å². The second kappa shape index (κ2) is 6.99. The van der Waals surface area contributed by atoms with Crippen molar-refractivity contribution in [2.24, 2.45) is 4.99 Å². The zero-order valence-electron chi connectivity index (χ0n) is 15.2. The number of nitrogens with one attached hydrogen (secondary N) is 2. The first kappa shape index (κ1) is 17.9. The molecular formula is C19H26N4O. The van der Waals surface area contributed by atoms with E-state index in [1.807, 2.05) is 39.8 Å². The fourth-order valence-electron chi connectivity index (χ4n) is 2.52. The Labute approximate surface area is 144 Å². The number of carbonyl (C=O) groups excluding carboxylic acids is 1. The number of aromatic nitrogens is 1. The summed E-state index contributed by atoms with van der Waals surface area (Å²) in [4.78, 5) is 21.1. The van der Waals surface area contributed by atoms with Crippen molar-refractivity contribution >= 4 is 18.4 Å². The summed E-state index contributed by atoms with van der Waals surface area (Å²) in [5.41, 5.74) is 3.43. The normalized spacial score (nSPS) is 15.9. The Morgan fingerprint density at radius 3 is 2.50 bits per heavy atom. The quantitative estimate of drug-likeness (QED) is 0.475. The molecule has 1 heterocycles. The Morgan fingerprint density at radius 1 is 1.33 bits per heavy atom. The molecule has 0 spiro atoms. The van der Waals surface area contributed by atoms with Crippen LogP contribution in [0.1, 0.15) is 46.1 Å². The third-order valence-corrected chi connectivity index (χ3v) is 4.19. The molecule has 24 heavy (non-hydrogen) atoms. The molecule has 1 fully saturated rings. The lowest BCUT2D eigenvalue weighted by Gasteiger charge is -2.18. The van der Waals surface area contributed by atoms with Gasteiger partial charge in [0.05, 0.1) is 0 Å². The number of aliphatic imine (C=N–C) groups is 1. The van der Waals surface area contributed by atoms with E-state index in [1.165, 1.54) is 0 Å². The predicted octanol–water partition coefficient (Wildman–Crippen LogP) is 3.74. The smallest absolute Gasteiger partial charge is 0.257 e. The number of carbonyl (C=O) groups is 1. The van der Waals surface area contributed by atoms with Crippen LogP contribution in [0.5, 0.6) is 0 Å². The van der Waals surface area contributed by atoms with Crippen LogP contribution in [-0.2, 0) is 4.79 Å². The van der Waals surface area contributed by atoms with Crippen LogP contribution in [0.15, 0.2) is 45.9 Å². The Morgan fingerprint density at radius 2 is 2.00 bits per heavy atom. The minimum Gasteiger partial charge on any atom is -0.365 e. The van der Waals surface area contributed by atoms with Crippen LogP contribution >= 0.6 is 0 Å². The molecule has 1 aliphatic rings. The second-order valence-electron chi connectivity index (χ2n) is 6.86. The summed E-state index contributed by atoms with van der Waals surface area (Å²) in [6.07, 6.45) is 3.88. The highest BCUT2D eigenvalue weighted by molar-refractivity contribution is 6.07. The first-order valence-corrected chi connectivity index (χ1v) is 8.13. The summed E-state index contributed by atoms with van der Waals surface area (Å²) in [6.45, 7) is 13.5. The molecule has 0 aromatic carbocycles. The minimum atomic E-state index is -0.186. The molecule has 128 valence electrons. The van der Waals surface area contributed by atoms with E-state index in [1.54, 1.807) is 6.20 Å². The third-order valence-electron chi connectivity index (χ3n) is 4.19. The van der Waals surface area contributed by atoms with Crippen LogP contribution in [0, 0.1) is 6.92 Å². The zero-order valence-corrected chi connectivity index (χ0v) is 15.2. The van der Waals surface area contributed by atoms with E-state index in [0.29, 0.717) is 17.2 Å². The van der Waals surface area contributed by atoms with E-state index in [4.69, 9.17) is 0 Å². The number of pyridine rings is 1. The monoisotopic (exact) mass is 326 g/mol. The van der Waals surface area contributed by atoms with Crippen molar-refractivity contribution < 1.29 is 4.79 Å². The van der Waals surface area contributed by atoms with E-state index in [9.17, 15) is 4.79 Å². The Hall–Kier alpha value is -2.43. The summed E-state index contributed by atoms with van der Waals surface area (Å²) in [6, 6.07) is 3.73. The van der Waals surface area contributed by atoms with Gasteiger partial charge in [-0.2, -0.15) is 0 Å². The van der Waals surface area contributed by atoms with Crippen LogP contribution in [0.3, 0.4) is 0 Å². The number of amides is 1. The van der Waals surface area contributed by atoms with Crippen molar-refractivity contribution in [3.63, 3.8) is 0 Å². The average Bonchev–Trinajstić information content (AvgIpc) is 3.22. The summed E-state index contributed by atoms with van der Waals surface area (Å²) in [7, 11) is 0. The number of rotatable bonds is 6. The number of aryl methyl sites for hydroxylation is 1. The number of hydrogen-bond donors (Lipinski definition) is 2. The topological polar surface area (TPSA) is 66.4 Å². The molecule has 5 heteroatoms. The molecule has 2 N–H and O–H groups in total. The fraction of sp³-hybridized carbons (Fsp3) is 0.421. The summed E-state index contributed by atoms with van der Waals surface area (Å²) in [5.74, 6) is 1.02. The van der Waals surface area contributed by atoms with Crippen molar-refractivity contribution in [3.8, 4) is 0 Å². The van der Waals surface area contributed by atoms with Gasteiger partial charge in [-0.05, 0) is 71.9 Å². The second-order valence-corrected chi connectivity index (χ2v) is 6.86. The molecule has 1 aromatic rings. The maximum Gasteiger partial charge on any atom is 0.257 e. The molecule has 0 atom stereocenters. The third kappa shape index (κ3) is 4.31. The van der Waals surface area contributed by atoms with Gasteiger partial charge in [-0.1, -0.05) is 5.57 Å². The highest BCUT2D eigenvalue weighted by atomic mass is 16.1. The molecular weight excluding hydrogens is 300 g/mol. The van der Waals surface area contributed by atoms with Crippen molar-refractivity contribution in [1.29, 1.82) is 0 Å². The zero-order chi connectivity index (χ0) is 17.9. The van der Waals surface area contributed by atoms with Gasteiger partial charge in [0.25, 0.3) is 5.91 Å². The standard InChI is InChI=1S/C19H26N4O/c1-12(2)16(14(4)17(20-6)23-19(5)8-9-19)18(24)22-15-11-13(3)7-10-21-15/h7,10-11,23H,6,8-9H2,1-5H3,(H,21,22,24)/b17-14-. The lowest BCUT2D eigenvalue weighted by molar-refractivity contribution is -0.112. The number of nitrogens with zero attached hydrogens (tertiary/aromatic N) is 2. The van der Waals surface area contributed by atoms with Gasteiger partial charge in [0.2, 0.25) is 0 Å². The first-order chi connectivity index (χ1) is 11.3. The van der Waals surface area contributed by atoms with Crippen LogP contribution < -0.4 is 10.6 Å². The average molecular weight is 326 g/mol. The van der Waals surface area contributed by atoms with Gasteiger partial charge in [-0.15, -0.1) is 0 Å². The molecule has 0 aliphatic heterocycles. The molecule has 1 aliphatic carbocycles. The molecule has 5 nitrogen and oxygen atoms in total. The number of hydrogen-bond acceptors (Lipinski definition) is 4. The van der Waals surface area contributed by atoms with Crippen molar-refractivity contribution in [2.75, 3.05) is 5.32 Å². The molecule has 0 radical (unpaired) electrons. The van der Waals surface area contributed by atoms with Crippen LogP contribution in [-0.4, -0.2) is 23.1 Å². The largest absolute Gasteiger partial charge is 0.365 e. The lowest BCUT2D eigenvalue weighted by atomic mass is 10.0. The Bertz CT molecular complexity index is 723. The summed E-state index contributed by atoms with van der Waals surface area (Å²) in [5, 5.41) is 6.27. The highest BCUT2D eigenvalue weighted by Crippen LogP contribution is 2.36. The number of allylic oxidation sites excluding steroid dienone is 1. The SMILES string of the molecule is C=N/C(NC1(C)CC1)=C(\C)C(C(=O)Nc1cc(C)ccn1)=C(C)C. The maximum absolute atomic E-state index is 12.8. The lowest BCUT2D eigenvalue weighted by Crippen LogP contribution is -2.28. The van der Waals surface area contributed by atoms with Gasteiger partial charge in [0.15, 0.2) is 0 Å². The van der Waals surface area contributed by atoms with Crippen LogP contribution in [0.25, 0.3) is 0 Å². The number of anilines is 1. The van der Waals surface area contributed by atoms with E-state index < -0.39 is 0 Å². The van der Waals surface area contributed by atoms with Crippen molar-refractivity contribution in [2.45, 2.75) is 53.0 Å². The maximum atomic E-state index is 12.8. The summed E-state index contributed by atoms with van der Waals surface area (Å²) < 4.78 is 0. The minimum absolute atomic E-state index is 0.0686. The van der Waals surface area contributed by atoms with Crippen molar-refractivity contribution in [3.05, 3.63) is 46.4 Å². The van der Waals surface area contributed by atoms with E-state index in [0.717, 1.165) is 29.6 Å². The van der Waals surface area contributed by atoms with Gasteiger partial charge >= 0.3 is 0 Å². The van der Waals surface area contributed by atoms with E-state index >= 15 is 0 Å². The molecule has 1 aromatic heterocycles. The van der Waals surface area contributed by atoms with E-state index in [-0.39, 0.29) is 11.4 Å². The fourth-order valence-corrected chi connectivity index (χ4v) is 2.52. The predicted molar refractivity (Wildman–Crippen MR) is 99.0 cm³/mol. The van der Waals surface area contributed by atoms with Crippen LogP contribution in [0.4, 0.5) is 5.82 Å². The molecule has 2 rings (SSSR count). The molecule has 1 amide bonds. The van der Waals surface area contributed by atoms with Gasteiger partial charge in [-0.3, -0.25) is 4.79 Å². The Balaban J connectivity index is 2.29.